The van der Waals surface area contributed by atoms with Crippen molar-refractivity contribution < 1.29 is 27.2 Å². The van der Waals surface area contributed by atoms with Crippen LogP contribution in [0.25, 0.3) is 0 Å². The summed E-state index contributed by atoms with van der Waals surface area (Å²) in [6.07, 6.45) is 3.11. The number of imide groups is 1. The minimum Gasteiger partial charge on any atom is -0.467 e. The van der Waals surface area contributed by atoms with Gasteiger partial charge in [0.15, 0.2) is 0 Å². The molecule has 0 radical (unpaired) electrons. The first kappa shape index (κ1) is 24.4. The van der Waals surface area contributed by atoms with Gasteiger partial charge in [0, 0.05) is 24.8 Å². The van der Waals surface area contributed by atoms with E-state index in [9.17, 15) is 22.8 Å². The smallest absolute Gasteiger partial charge is 0.261 e. The van der Waals surface area contributed by atoms with Gasteiger partial charge in [0.25, 0.3) is 17.7 Å². The van der Waals surface area contributed by atoms with Crippen LogP contribution >= 0.6 is 0 Å². The second-order valence-corrected chi connectivity index (χ2v) is 10.2. The van der Waals surface area contributed by atoms with Gasteiger partial charge in [0.1, 0.15) is 5.76 Å². The van der Waals surface area contributed by atoms with Gasteiger partial charge >= 0.3 is 0 Å². The van der Waals surface area contributed by atoms with Crippen molar-refractivity contribution >= 4 is 33.4 Å². The molecule has 0 aliphatic carbocycles. The van der Waals surface area contributed by atoms with Gasteiger partial charge in [0.2, 0.25) is 10.0 Å². The zero-order chi connectivity index (χ0) is 25.2. The van der Waals surface area contributed by atoms with E-state index in [0.29, 0.717) is 18.0 Å². The molecule has 2 aromatic carbocycles. The summed E-state index contributed by atoms with van der Waals surface area (Å²) in [5, 5.41) is 2.69. The fourth-order valence-electron chi connectivity index (χ4n) is 3.73. The molecule has 10 heteroatoms. The first-order valence-electron chi connectivity index (χ1n) is 11.1. The number of fused-ring (bicyclic) bond motifs is 1. The Kier molecular flexibility index (Phi) is 6.86. The zero-order valence-electron chi connectivity index (χ0n) is 19.4. The van der Waals surface area contributed by atoms with Gasteiger partial charge in [0.05, 0.1) is 28.8 Å². The predicted octanol–water partition coefficient (Wildman–Crippen LogP) is 3.75. The van der Waals surface area contributed by atoms with Crippen LogP contribution in [0.4, 0.5) is 5.69 Å². The molecular weight excluding hydrogens is 470 g/mol. The Morgan fingerprint density at radius 3 is 2.40 bits per heavy atom. The molecule has 9 nitrogen and oxygen atoms in total. The lowest BCUT2D eigenvalue weighted by molar-refractivity contribution is 0.0631. The lowest BCUT2D eigenvalue weighted by Crippen LogP contribution is -2.28. The molecule has 1 aliphatic heterocycles. The largest absolute Gasteiger partial charge is 0.467 e. The summed E-state index contributed by atoms with van der Waals surface area (Å²) in [4.78, 5) is 39.4. The van der Waals surface area contributed by atoms with Gasteiger partial charge in [-0.3, -0.25) is 19.3 Å². The summed E-state index contributed by atoms with van der Waals surface area (Å²) in [6, 6.07) is 13.5. The molecular formula is C25H25N3O6S. The molecule has 3 aromatic rings. The van der Waals surface area contributed by atoms with Crippen molar-refractivity contribution in [1.82, 2.24) is 9.21 Å². The molecule has 4 rings (SSSR count). The fraction of sp³-hybridized carbons (Fsp3) is 0.240. The van der Waals surface area contributed by atoms with E-state index < -0.39 is 27.7 Å². The second kappa shape index (κ2) is 9.85. The van der Waals surface area contributed by atoms with Crippen molar-refractivity contribution in [2.45, 2.75) is 31.2 Å². The molecule has 0 atom stereocenters. The standard InChI is InChI=1S/C25H25N3O6S/c1-3-4-13-27(2)35(32,33)20-10-8-18(9-11-20)26-23(29)17-7-12-21-22(15-17)25(31)28(24(21)30)16-19-6-5-14-34-19/h5-12,14-15H,3-4,13,16H2,1-2H3,(H,26,29). The Balaban J connectivity index is 1.47. The van der Waals surface area contributed by atoms with Crippen LogP contribution in [0, 0.1) is 0 Å². The number of amides is 3. The number of hydrogen-bond donors (Lipinski definition) is 1. The van der Waals surface area contributed by atoms with Crippen LogP contribution in [0.2, 0.25) is 0 Å². The number of furan rings is 1. The van der Waals surface area contributed by atoms with E-state index in [-0.39, 0.29) is 28.1 Å². The van der Waals surface area contributed by atoms with Crippen molar-refractivity contribution in [3.8, 4) is 0 Å². The lowest BCUT2D eigenvalue weighted by atomic mass is 10.1. The lowest BCUT2D eigenvalue weighted by Gasteiger charge is -2.17. The van der Waals surface area contributed by atoms with Crippen LogP contribution in [0.3, 0.4) is 0 Å². The molecule has 3 amide bonds. The predicted molar refractivity (Wildman–Crippen MR) is 128 cm³/mol. The van der Waals surface area contributed by atoms with Crippen molar-refractivity contribution in [2.24, 2.45) is 0 Å². The van der Waals surface area contributed by atoms with Gasteiger partial charge < -0.3 is 9.73 Å². The van der Waals surface area contributed by atoms with E-state index in [1.807, 2.05) is 6.92 Å². The van der Waals surface area contributed by atoms with Crippen LogP contribution in [-0.4, -0.2) is 48.9 Å². The normalized spacial score (nSPS) is 13.4. The van der Waals surface area contributed by atoms with Gasteiger partial charge in [-0.2, -0.15) is 0 Å². The average molecular weight is 496 g/mol. The highest BCUT2D eigenvalue weighted by atomic mass is 32.2. The third-order valence-corrected chi connectivity index (χ3v) is 7.64. The molecule has 1 aliphatic rings. The number of hydrogen-bond acceptors (Lipinski definition) is 6. The van der Waals surface area contributed by atoms with Crippen LogP contribution < -0.4 is 5.32 Å². The van der Waals surface area contributed by atoms with Crippen molar-refractivity contribution in [2.75, 3.05) is 18.9 Å². The summed E-state index contributed by atoms with van der Waals surface area (Å²) >= 11 is 0. The van der Waals surface area contributed by atoms with Crippen LogP contribution in [0.1, 0.15) is 56.6 Å². The van der Waals surface area contributed by atoms with Gasteiger partial charge in [-0.15, -0.1) is 0 Å². The minimum atomic E-state index is -3.61. The van der Waals surface area contributed by atoms with E-state index in [1.54, 1.807) is 12.1 Å². The molecule has 0 unspecified atom stereocenters. The highest BCUT2D eigenvalue weighted by Gasteiger charge is 2.36. The molecule has 0 saturated carbocycles. The Labute approximate surface area is 203 Å². The van der Waals surface area contributed by atoms with E-state index in [4.69, 9.17) is 4.42 Å². The SMILES string of the molecule is CCCCN(C)S(=O)(=O)c1ccc(NC(=O)c2ccc3c(c2)C(=O)N(Cc2ccco2)C3=O)cc1. The highest BCUT2D eigenvalue weighted by molar-refractivity contribution is 7.89. The molecule has 35 heavy (non-hydrogen) atoms. The number of anilines is 1. The van der Waals surface area contributed by atoms with Gasteiger partial charge in [-0.25, -0.2) is 12.7 Å². The highest BCUT2D eigenvalue weighted by Crippen LogP contribution is 2.26. The zero-order valence-corrected chi connectivity index (χ0v) is 20.2. The number of carbonyl (C=O) groups excluding carboxylic acids is 3. The van der Waals surface area contributed by atoms with E-state index in [2.05, 4.69) is 5.32 Å². The molecule has 2 heterocycles. The Hall–Kier alpha value is -3.76. The molecule has 0 bridgehead atoms. The van der Waals surface area contributed by atoms with Crippen molar-refractivity contribution in [3.63, 3.8) is 0 Å². The van der Waals surface area contributed by atoms with E-state index in [0.717, 1.165) is 17.7 Å². The monoisotopic (exact) mass is 495 g/mol. The van der Waals surface area contributed by atoms with E-state index >= 15 is 0 Å². The number of sulfonamides is 1. The third kappa shape index (κ3) is 4.89. The van der Waals surface area contributed by atoms with Crippen molar-refractivity contribution in [1.29, 1.82) is 0 Å². The average Bonchev–Trinajstić information content (AvgIpc) is 3.45. The molecule has 1 N–H and O–H groups in total. The first-order chi connectivity index (χ1) is 16.7. The second-order valence-electron chi connectivity index (χ2n) is 8.19. The van der Waals surface area contributed by atoms with E-state index in [1.165, 1.54) is 60.1 Å². The Morgan fingerprint density at radius 2 is 1.74 bits per heavy atom. The summed E-state index contributed by atoms with van der Waals surface area (Å²) < 4.78 is 31.8. The van der Waals surface area contributed by atoms with Crippen LogP contribution in [-0.2, 0) is 16.6 Å². The Morgan fingerprint density at radius 1 is 1.03 bits per heavy atom. The number of rotatable bonds is 9. The number of benzene rings is 2. The number of nitrogens with zero attached hydrogens (tertiary/aromatic N) is 2. The maximum absolute atomic E-state index is 12.8. The van der Waals surface area contributed by atoms with Gasteiger partial charge in [-0.1, -0.05) is 13.3 Å². The fourth-order valence-corrected chi connectivity index (χ4v) is 4.94. The summed E-state index contributed by atoms with van der Waals surface area (Å²) in [5.41, 5.74) is 0.957. The quantitative estimate of drug-likeness (QED) is 0.452. The van der Waals surface area contributed by atoms with Gasteiger partial charge in [-0.05, 0) is 61.0 Å². The van der Waals surface area contributed by atoms with Crippen LogP contribution in [0.5, 0.6) is 0 Å². The number of unbranched alkanes of at least 4 members (excludes halogenated alkanes) is 1. The Bertz CT molecular complexity index is 1360. The number of nitrogens with one attached hydrogen (secondary N) is 1. The minimum absolute atomic E-state index is 0.00374. The molecule has 0 saturated heterocycles. The van der Waals surface area contributed by atoms with Crippen LogP contribution in [0.15, 0.2) is 70.2 Å². The third-order valence-electron chi connectivity index (χ3n) is 5.77. The molecule has 0 spiro atoms. The maximum atomic E-state index is 12.8. The van der Waals surface area contributed by atoms with Crippen molar-refractivity contribution in [3.05, 3.63) is 83.3 Å². The summed E-state index contributed by atoms with van der Waals surface area (Å²) in [6.45, 7) is 2.42. The molecule has 182 valence electrons. The first-order valence-corrected chi connectivity index (χ1v) is 12.6. The maximum Gasteiger partial charge on any atom is 0.261 e. The molecule has 1 aromatic heterocycles. The summed E-state index contributed by atoms with van der Waals surface area (Å²) in [7, 11) is -2.07. The summed E-state index contributed by atoms with van der Waals surface area (Å²) in [5.74, 6) is -0.973. The topological polar surface area (TPSA) is 117 Å². The number of carbonyl (C=O) groups is 3. The molecule has 0 fully saturated rings.